The molecule has 1 aromatic carbocycles. The van der Waals surface area contributed by atoms with Gasteiger partial charge in [0.25, 0.3) is 0 Å². The Hall–Kier alpha value is -1.09. The fourth-order valence-corrected chi connectivity index (χ4v) is 0.956. The Balaban J connectivity index is 2.41. The zero-order valence-electron chi connectivity index (χ0n) is 7.97. The third kappa shape index (κ3) is 3.42. The van der Waals surface area contributed by atoms with E-state index in [-0.39, 0.29) is 5.82 Å². The SMILES string of the molecule is CN(C)CCNc1[c]cccc1F. The van der Waals surface area contributed by atoms with E-state index in [0.717, 1.165) is 13.1 Å². The van der Waals surface area contributed by atoms with Gasteiger partial charge in [-0.25, -0.2) is 4.39 Å². The van der Waals surface area contributed by atoms with E-state index in [2.05, 4.69) is 11.4 Å². The van der Waals surface area contributed by atoms with E-state index in [9.17, 15) is 4.39 Å². The molecule has 0 saturated heterocycles. The molecule has 1 rings (SSSR count). The van der Waals surface area contributed by atoms with Gasteiger partial charge < -0.3 is 10.2 Å². The second-order valence-corrected chi connectivity index (χ2v) is 3.12. The summed E-state index contributed by atoms with van der Waals surface area (Å²) in [5.74, 6) is -0.249. The normalized spacial score (nSPS) is 10.5. The molecule has 0 aliphatic carbocycles. The molecule has 0 bridgehead atoms. The van der Waals surface area contributed by atoms with Crippen LogP contribution in [0.3, 0.4) is 0 Å². The molecule has 71 valence electrons. The number of hydrogen-bond donors (Lipinski definition) is 1. The van der Waals surface area contributed by atoms with Crippen molar-refractivity contribution in [1.29, 1.82) is 0 Å². The van der Waals surface area contributed by atoms with E-state index in [4.69, 9.17) is 0 Å². The molecule has 0 heterocycles. The van der Waals surface area contributed by atoms with Crippen molar-refractivity contribution in [3.8, 4) is 0 Å². The highest BCUT2D eigenvalue weighted by molar-refractivity contribution is 5.42. The predicted octanol–water partition coefficient (Wildman–Crippen LogP) is 1.60. The van der Waals surface area contributed by atoms with Crippen molar-refractivity contribution in [3.05, 3.63) is 30.1 Å². The molecule has 1 N–H and O–H groups in total. The zero-order valence-corrected chi connectivity index (χ0v) is 7.97. The fraction of sp³-hybridized carbons (Fsp3) is 0.400. The van der Waals surface area contributed by atoms with E-state index < -0.39 is 0 Å². The molecule has 0 saturated carbocycles. The van der Waals surface area contributed by atoms with Gasteiger partial charge in [0.15, 0.2) is 0 Å². The third-order valence-corrected chi connectivity index (χ3v) is 1.67. The molecule has 0 fully saturated rings. The van der Waals surface area contributed by atoms with Gasteiger partial charge in [0.2, 0.25) is 0 Å². The average Bonchev–Trinajstić information content (AvgIpc) is 2.08. The molecule has 0 atom stereocenters. The third-order valence-electron chi connectivity index (χ3n) is 1.67. The van der Waals surface area contributed by atoms with E-state index >= 15 is 0 Å². The van der Waals surface area contributed by atoms with E-state index in [1.165, 1.54) is 6.07 Å². The summed E-state index contributed by atoms with van der Waals surface area (Å²) in [4.78, 5) is 2.04. The minimum Gasteiger partial charge on any atom is -0.381 e. The van der Waals surface area contributed by atoms with Crippen molar-refractivity contribution < 1.29 is 4.39 Å². The zero-order chi connectivity index (χ0) is 9.68. The summed E-state index contributed by atoms with van der Waals surface area (Å²) in [5.41, 5.74) is 0.448. The van der Waals surface area contributed by atoms with Gasteiger partial charge in [-0.2, -0.15) is 0 Å². The van der Waals surface area contributed by atoms with Crippen LogP contribution < -0.4 is 5.32 Å². The van der Waals surface area contributed by atoms with Crippen molar-refractivity contribution in [3.63, 3.8) is 0 Å². The Morgan fingerprint density at radius 2 is 2.31 bits per heavy atom. The van der Waals surface area contributed by atoms with Gasteiger partial charge in [-0.3, -0.25) is 0 Å². The first-order chi connectivity index (χ1) is 6.20. The highest BCUT2D eigenvalue weighted by Gasteiger charge is 1.98. The Morgan fingerprint density at radius 3 is 2.92 bits per heavy atom. The standard InChI is InChI=1S/C10H14FN2/c1-13(2)8-7-12-10-6-4-3-5-9(10)11/h3-5,12H,7-8H2,1-2H3. The van der Waals surface area contributed by atoms with Gasteiger partial charge in [0.05, 0.1) is 5.69 Å². The van der Waals surface area contributed by atoms with Crippen LogP contribution in [-0.4, -0.2) is 32.1 Å². The topological polar surface area (TPSA) is 15.3 Å². The summed E-state index contributed by atoms with van der Waals surface area (Å²) in [5, 5.41) is 2.97. The number of para-hydroxylation sites is 1. The highest BCUT2D eigenvalue weighted by Crippen LogP contribution is 2.10. The first-order valence-corrected chi connectivity index (χ1v) is 4.25. The maximum absolute atomic E-state index is 13.0. The molecule has 0 amide bonds. The largest absolute Gasteiger partial charge is 0.381 e. The summed E-state index contributed by atoms with van der Waals surface area (Å²) in [6, 6.07) is 7.56. The van der Waals surface area contributed by atoms with Crippen molar-refractivity contribution in [1.82, 2.24) is 4.90 Å². The summed E-state index contributed by atoms with van der Waals surface area (Å²) in [6.07, 6.45) is 0. The number of nitrogens with one attached hydrogen (secondary N) is 1. The minimum absolute atomic E-state index is 0.249. The van der Waals surface area contributed by atoms with Crippen LogP contribution in [0.4, 0.5) is 10.1 Å². The molecule has 0 unspecified atom stereocenters. The Morgan fingerprint density at radius 1 is 1.54 bits per heavy atom. The molecule has 3 heteroatoms. The number of anilines is 1. The number of halogens is 1. The highest BCUT2D eigenvalue weighted by atomic mass is 19.1. The predicted molar refractivity (Wildman–Crippen MR) is 52.3 cm³/mol. The summed E-state index contributed by atoms with van der Waals surface area (Å²) < 4.78 is 13.0. The average molecular weight is 181 g/mol. The van der Waals surface area contributed by atoms with Crippen LogP contribution in [0.25, 0.3) is 0 Å². The number of rotatable bonds is 4. The monoisotopic (exact) mass is 181 g/mol. The van der Waals surface area contributed by atoms with Crippen LogP contribution in [0.5, 0.6) is 0 Å². The summed E-state index contributed by atoms with van der Waals surface area (Å²) in [7, 11) is 3.96. The number of likely N-dealkylation sites (N-methyl/N-ethyl adjacent to an activating group) is 1. The second kappa shape index (κ2) is 4.82. The quantitative estimate of drug-likeness (QED) is 0.759. The molecule has 0 spiro atoms. The molecular formula is C10H14FN2. The smallest absolute Gasteiger partial charge is 0.146 e. The van der Waals surface area contributed by atoms with Gasteiger partial charge in [-0.15, -0.1) is 0 Å². The van der Waals surface area contributed by atoms with Crippen LogP contribution in [0.15, 0.2) is 18.2 Å². The lowest BCUT2D eigenvalue weighted by Crippen LogP contribution is -2.21. The van der Waals surface area contributed by atoms with Crippen LogP contribution in [0, 0.1) is 11.9 Å². The summed E-state index contributed by atoms with van der Waals surface area (Å²) >= 11 is 0. The van der Waals surface area contributed by atoms with Crippen molar-refractivity contribution in [2.45, 2.75) is 0 Å². The molecule has 2 nitrogen and oxygen atoms in total. The molecular weight excluding hydrogens is 167 g/mol. The van der Waals surface area contributed by atoms with Gasteiger partial charge in [0.1, 0.15) is 5.82 Å². The van der Waals surface area contributed by atoms with E-state index in [1.807, 2.05) is 19.0 Å². The fourth-order valence-electron chi connectivity index (χ4n) is 0.956. The second-order valence-electron chi connectivity index (χ2n) is 3.12. The minimum atomic E-state index is -0.249. The van der Waals surface area contributed by atoms with E-state index in [1.54, 1.807) is 12.1 Å². The Kier molecular flexibility index (Phi) is 3.71. The maximum atomic E-state index is 13.0. The lowest BCUT2D eigenvalue weighted by Gasteiger charge is -2.11. The summed E-state index contributed by atoms with van der Waals surface area (Å²) in [6.45, 7) is 1.60. The Bertz CT molecular complexity index is 261. The first-order valence-electron chi connectivity index (χ1n) is 4.25. The maximum Gasteiger partial charge on any atom is 0.146 e. The molecule has 0 aliphatic heterocycles. The first kappa shape index (κ1) is 9.99. The molecule has 0 aromatic heterocycles. The van der Waals surface area contributed by atoms with Crippen LogP contribution >= 0.6 is 0 Å². The molecule has 0 aliphatic rings. The van der Waals surface area contributed by atoms with E-state index in [0.29, 0.717) is 5.69 Å². The van der Waals surface area contributed by atoms with Gasteiger partial charge >= 0.3 is 0 Å². The number of hydrogen-bond acceptors (Lipinski definition) is 2. The van der Waals surface area contributed by atoms with Gasteiger partial charge in [-0.05, 0) is 20.2 Å². The van der Waals surface area contributed by atoms with Crippen LogP contribution in [-0.2, 0) is 0 Å². The molecule has 1 aromatic rings. The lowest BCUT2D eigenvalue weighted by atomic mass is 10.3. The van der Waals surface area contributed by atoms with Crippen LogP contribution in [0.1, 0.15) is 0 Å². The van der Waals surface area contributed by atoms with Crippen LogP contribution in [0.2, 0.25) is 0 Å². The molecule has 1 radical (unpaired) electrons. The number of nitrogens with zero attached hydrogens (tertiary/aromatic N) is 1. The molecule has 13 heavy (non-hydrogen) atoms. The van der Waals surface area contributed by atoms with Crippen molar-refractivity contribution in [2.75, 3.05) is 32.5 Å². The lowest BCUT2D eigenvalue weighted by molar-refractivity contribution is 0.425. The number of benzene rings is 1. The van der Waals surface area contributed by atoms with Gasteiger partial charge in [-0.1, -0.05) is 12.1 Å². The van der Waals surface area contributed by atoms with Gasteiger partial charge in [0, 0.05) is 19.2 Å². The van der Waals surface area contributed by atoms with Crippen molar-refractivity contribution >= 4 is 5.69 Å². The van der Waals surface area contributed by atoms with Crippen molar-refractivity contribution in [2.24, 2.45) is 0 Å². The Labute approximate surface area is 78.4 Å².